The molecule has 1 heterocycles. The van der Waals surface area contributed by atoms with E-state index in [0.29, 0.717) is 6.54 Å². The molecule has 1 fully saturated rings. The van der Waals surface area contributed by atoms with Gasteiger partial charge in [0.1, 0.15) is 0 Å². The summed E-state index contributed by atoms with van der Waals surface area (Å²) in [4.78, 5) is 14.2. The van der Waals surface area contributed by atoms with E-state index in [-0.39, 0.29) is 12.1 Å². The van der Waals surface area contributed by atoms with Crippen LogP contribution in [0, 0.1) is 5.92 Å². The SMILES string of the molecule is CCCNC(=O)N[C@@H](C)c1ccc(N2CCC[C@H](C)C2)cc1. The molecular formula is C18H29N3O. The summed E-state index contributed by atoms with van der Waals surface area (Å²) in [5, 5.41) is 5.82. The Morgan fingerprint density at radius 2 is 2.09 bits per heavy atom. The molecule has 2 atom stereocenters. The van der Waals surface area contributed by atoms with Crippen molar-refractivity contribution >= 4 is 11.7 Å². The van der Waals surface area contributed by atoms with Gasteiger partial charge in [-0.1, -0.05) is 26.0 Å². The zero-order chi connectivity index (χ0) is 15.9. The summed E-state index contributed by atoms with van der Waals surface area (Å²) in [6.45, 7) is 9.39. The number of anilines is 1. The maximum atomic E-state index is 11.7. The molecule has 1 saturated heterocycles. The zero-order valence-electron chi connectivity index (χ0n) is 14.1. The van der Waals surface area contributed by atoms with Crippen LogP contribution in [0.5, 0.6) is 0 Å². The van der Waals surface area contributed by atoms with Gasteiger partial charge in [-0.3, -0.25) is 0 Å². The molecule has 2 N–H and O–H groups in total. The van der Waals surface area contributed by atoms with E-state index in [4.69, 9.17) is 0 Å². The van der Waals surface area contributed by atoms with Gasteiger partial charge in [-0.05, 0) is 49.8 Å². The average molecular weight is 303 g/mol. The quantitative estimate of drug-likeness (QED) is 0.871. The second-order valence-corrected chi connectivity index (χ2v) is 6.41. The Morgan fingerprint density at radius 3 is 2.73 bits per heavy atom. The molecule has 4 heteroatoms. The Bertz CT molecular complexity index is 472. The van der Waals surface area contributed by atoms with E-state index in [1.807, 2.05) is 13.8 Å². The second kappa shape index (κ2) is 8.06. The van der Waals surface area contributed by atoms with Crippen LogP contribution in [0.2, 0.25) is 0 Å². The molecule has 0 radical (unpaired) electrons. The summed E-state index contributed by atoms with van der Waals surface area (Å²) in [5.74, 6) is 0.774. The summed E-state index contributed by atoms with van der Waals surface area (Å²) in [6, 6.07) is 8.53. The first-order valence-electron chi connectivity index (χ1n) is 8.49. The number of hydrogen-bond donors (Lipinski definition) is 2. The minimum absolute atomic E-state index is 0.0196. The summed E-state index contributed by atoms with van der Waals surface area (Å²) in [6.07, 6.45) is 3.56. The number of piperidine rings is 1. The molecule has 0 saturated carbocycles. The molecule has 0 aliphatic carbocycles. The Balaban J connectivity index is 1.91. The molecule has 2 amide bonds. The largest absolute Gasteiger partial charge is 0.371 e. The van der Waals surface area contributed by atoms with Crippen LogP contribution in [0.25, 0.3) is 0 Å². The Morgan fingerprint density at radius 1 is 1.36 bits per heavy atom. The van der Waals surface area contributed by atoms with E-state index in [9.17, 15) is 4.79 Å². The fourth-order valence-electron chi connectivity index (χ4n) is 2.97. The third-order valence-corrected chi connectivity index (χ3v) is 4.30. The van der Waals surface area contributed by atoms with Crippen molar-refractivity contribution in [1.82, 2.24) is 10.6 Å². The standard InChI is InChI=1S/C18H29N3O/c1-4-11-19-18(22)20-15(3)16-7-9-17(10-8-16)21-12-5-6-14(2)13-21/h7-10,14-15H,4-6,11-13H2,1-3H3,(H2,19,20,22)/t14-,15-/m0/s1. The summed E-state index contributed by atoms with van der Waals surface area (Å²) in [7, 11) is 0. The van der Waals surface area contributed by atoms with Crippen molar-refractivity contribution in [3.8, 4) is 0 Å². The van der Waals surface area contributed by atoms with Gasteiger partial charge in [-0.2, -0.15) is 0 Å². The second-order valence-electron chi connectivity index (χ2n) is 6.41. The van der Waals surface area contributed by atoms with Gasteiger partial charge in [-0.25, -0.2) is 4.79 Å². The van der Waals surface area contributed by atoms with Gasteiger partial charge in [-0.15, -0.1) is 0 Å². The Labute approximate surface area is 134 Å². The van der Waals surface area contributed by atoms with E-state index >= 15 is 0 Å². The van der Waals surface area contributed by atoms with Crippen LogP contribution in [0.3, 0.4) is 0 Å². The number of urea groups is 1. The van der Waals surface area contributed by atoms with E-state index in [1.54, 1.807) is 0 Å². The van der Waals surface area contributed by atoms with Crippen LogP contribution in [0.4, 0.5) is 10.5 Å². The lowest BCUT2D eigenvalue weighted by molar-refractivity contribution is 0.238. The topological polar surface area (TPSA) is 44.4 Å². The van der Waals surface area contributed by atoms with E-state index in [1.165, 1.54) is 18.5 Å². The average Bonchev–Trinajstić information content (AvgIpc) is 2.53. The highest BCUT2D eigenvalue weighted by molar-refractivity contribution is 5.74. The first-order chi connectivity index (χ1) is 10.6. The maximum absolute atomic E-state index is 11.7. The molecule has 1 aromatic carbocycles. The minimum atomic E-state index is -0.0942. The molecule has 122 valence electrons. The van der Waals surface area contributed by atoms with Crippen LogP contribution in [0.15, 0.2) is 24.3 Å². The van der Waals surface area contributed by atoms with Gasteiger partial charge in [0.2, 0.25) is 0 Å². The molecule has 0 unspecified atom stereocenters. The van der Waals surface area contributed by atoms with E-state index < -0.39 is 0 Å². The number of carbonyl (C=O) groups is 1. The zero-order valence-corrected chi connectivity index (χ0v) is 14.1. The van der Waals surface area contributed by atoms with Crippen molar-refractivity contribution in [1.29, 1.82) is 0 Å². The van der Waals surface area contributed by atoms with Crippen molar-refractivity contribution in [3.05, 3.63) is 29.8 Å². The number of benzene rings is 1. The van der Waals surface area contributed by atoms with Crippen molar-refractivity contribution in [2.75, 3.05) is 24.5 Å². The molecule has 0 aromatic heterocycles. The molecule has 1 aliphatic rings. The lowest BCUT2D eigenvalue weighted by Gasteiger charge is -2.33. The number of nitrogens with one attached hydrogen (secondary N) is 2. The van der Waals surface area contributed by atoms with Crippen LogP contribution in [-0.4, -0.2) is 25.7 Å². The van der Waals surface area contributed by atoms with Crippen LogP contribution in [-0.2, 0) is 0 Å². The number of amides is 2. The fraction of sp³-hybridized carbons (Fsp3) is 0.611. The lowest BCUT2D eigenvalue weighted by atomic mass is 9.99. The molecule has 0 spiro atoms. The first-order valence-corrected chi connectivity index (χ1v) is 8.49. The molecular weight excluding hydrogens is 274 g/mol. The third kappa shape index (κ3) is 4.65. The van der Waals surface area contributed by atoms with Crippen molar-refractivity contribution in [2.24, 2.45) is 5.92 Å². The molecule has 1 aliphatic heterocycles. The Kier molecular flexibility index (Phi) is 6.10. The number of rotatable bonds is 5. The molecule has 22 heavy (non-hydrogen) atoms. The monoisotopic (exact) mass is 303 g/mol. The summed E-state index contributed by atoms with van der Waals surface area (Å²) >= 11 is 0. The van der Waals surface area contributed by atoms with Gasteiger partial charge in [0.05, 0.1) is 6.04 Å². The molecule has 4 nitrogen and oxygen atoms in total. The van der Waals surface area contributed by atoms with Crippen molar-refractivity contribution in [2.45, 2.75) is 46.1 Å². The maximum Gasteiger partial charge on any atom is 0.315 e. The van der Waals surface area contributed by atoms with Gasteiger partial charge < -0.3 is 15.5 Å². The van der Waals surface area contributed by atoms with Crippen LogP contribution in [0.1, 0.15) is 51.6 Å². The van der Waals surface area contributed by atoms with Gasteiger partial charge in [0.25, 0.3) is 0 Å². The summed E-state index contributed by atoms with van der Waals surface area (Å²) in [5.41, 5.74) is 2.43. The highest BCUT2D eigenvalue weighted by Gasteiger charge is 2.17. The van der Waals surface area contributed by atoms with Crippen LogP contribution >= 0.6 is 0 Å². The highest BCUT2D eigenvalue weighted by atomic mass is 16.2. The first kappa shape index (κ1) is 16.7. The van der Waals surface area contributed by atoms with E-state index in [2.05, 4.69) is 46.7 Å². The molecule has 2 rings (SSSR count). The van der Waals surface area contributed by atoms with Crippen LogP contribution < -0.4 is 15.5 Å². The minimum Gasteiger partial charge on any atom is -0.371 e. The van der Waals surface area contributed by atoms with Crippen molar-refractivity contribution in [3.63, 3.8) is 0 Å². The third-order valence-electron chi connectivity index (χ3n) is 4.30. The van der Waals surface area contributed by atoms with Gasteiger partial charge in [0, 0.05) is 25.3 Å². The summed E-state index contributed by atoms with van der Waals surface area (Å²) < 4.78 is 0. The highest BCUT2D eigenvalue weighted by Crippen LogP contribution is 2.24. The normalized spacial score (nSPS) is 19.6. The van der Waals surface area contributed by atoms with Gasteiger partial charge >= 0.3 is 6.03 Å². The predicted molar refractivity (Wildman–Crippen MR) is 92.3 cm³/mol. The fourth-order valence-corrected chi connectivity index (χ4v) is 2.97. The molecule has 1 aromatic rings. The Hall–Kier alpha value is -1.71. The predicted octanol–water partition coefficient (Wildman–Crippen LogP) is 3.69. The van der Waals surface area contributed by atoms with E-state index in [0.717, 1.165) is 31.0 Å². The lowest BCUT2D eigenvalue weighted by Crippen LogP contribution is -2.37. The molecule has 0 bridgehead atoms. The van der Waals surface area contributed by atoms with Crippen molar-refractivity contribution < 1.29 is 4.79 Å². The number of nitrogens with zero attached hydrogens (tertiary/aromatic N) is 1. The number of carbonyl (C=O) groups excluding carboxylic acids is 1. The smallest absolute Gasteiger partial charge is 0.315 e. The van der Waals surface area contributed by atoms with Gasteiger partial charge in [0.15, 0.2) is 0 Å². The number of hydrogen-bond acceptors (Lipinski definition) is 2.